The van der Waals surface area contributed by atoms with Crippen molar-refractivity contribution in [1.29, 1.82) is 0 Å². The van der Waals surface area contributed by atoms with Crippen molar-refractivity contribution in [3.05, 3.63) is 59.1 Å². The van der Waals surface area contributed by atoms with Gasteiger partial charge in [0, 0.05) is 11.7 Å². The number of ether oxygens (including phenoxy) is 1. The fraction of sp³-hybridized carbons (Fsp3) is 0.348. The third-order valence-electron chi connectivity index (χ3n) is 4.77. The van der Waals surface area contributed by atoms with Gasteiger partial charge in [0.05, 0.1) is 10.6 Å². The van der Waals surface area contributed by atoms with E-state index < -0.39 is 11.9 Å². The zero-order valence-corrected chi connectivity index (χ0v) is 18.2. The van der Waals surface area contributed by atoms with Crippen LogP contribution in [-0.4, -0.2) is 36.4 Å². The molecule has 1 aliphatic rings. The lowest BCUT2D eigenvalue weighted by atomic mass is 10.0. The van der Waals surface area contributed by atoms with E-state index in [1.54, 1.807) is 24.3 Å². The molecule has 1 aliphatic carbocycles. The molecule has 0 spiro atoms. The zero-order chi connectivity index (χ0) is 22.4. The lowest BCUT2D eigenvalue weighted by Crippen LogP contribution is -2.48. The van der Waals surface area contributed by atoms with Crippen molar-refractivity contribution in [3.8, 4) is 5.75 Å². The maximum Gasteiger partial charge on any atom is 0.258 e. The summed E-state index contributed by atoms with van der Waals surface area (Å²) >= 11 is 6.24. The third-order valence-corrected chi connectivity index (χ3v) is 5.09. The maximum atomic E-state index is 12.8. The summed E-state index contributed by atoms with van der Waals surface area (Å²) in [6, 6.07) is 13.1. The summed E-state index contributed by atoms with van der Waals surface area (Å²) in [6.07, 6.45) is 1.96. The molecule has 0 saturated heterocycles. The van der Waals surface area contributed by atoms with Gasteiger partial charge in [-0.3, -0.25) is 14.4 Å². The predicted molar refractivity (Wildman–Crippen MR) is 119 cm³/mol. The molecule has 2 aromatic carbocycles. The van der Waals surface area contributed by atoms with Gasteiger partial charge in [-0.05, 0) is 49.1 Å². The van der Waals surface area contributed by atoms with Gasteiger partial charge in [0.25, 0.3) is 11.8 Å². The second-order valence-electron chi connectivity index (χ2n) is 7.82. The monoisotopic (exact) mass is 443 g/mol. The Morgan fingerprint density at radius 2 is 1.81 bits per heavy atom. The standard InChI is InChI=1S/C23H26ClN3O4/c1-14(2)21(27-20(28)13-31-17-6-4-3-5-7-17)23(30)26-16-10-11-18(19(24)12-16)22(29)25-15-8-9-15/h3-7,10-12,14-15,21H,8-9,13H2,1-2H3,(H,25,29)(H,26,30)(H,27,28). The van der Waals surface area contributed by atoms with Gasteiger partial charge >= 0.3 is 0 Å². The number of nitrogens with one attached hydrogen (secondary N) is 3. The molecule has 1 atom stereocenters. The minimum absolute atomic E-state index is 0.153. The van der Waals surface area contributed by atoms with Gasteiger partial charge in [0.1, 0.15) is 11.8 Å². The fourth-order valence-corrected chi connectivity index (χ4v) is 3.17. The molecule has 0 heterocycles. The van der Waals surface area contributed by atoms with Crippen LogP contribution < -0.4 is 20.7 Å². The number of carbonyl (C=O) groups is 3. The Hall–Kier alpha value is -3.06. The Labute approximate surface area is 186 Å². The molecule has 1 unspecified atom stereocenters. The molecule has 3 amide bonds. The minimum Gasteiger partial charge on any atom is -0.484 e. The van der Waals surface area contributed by atoms with E-state index >= 15 is 0 Å². The Morgan fingerprint density at radius 3 is 2.42 bits per heavy atom. The number of amides is 3. The number of hydrogen-bond donors (Lipinski definition) is 3. The lowest BCUT2D eigenvalue weighted by Gasteiger charge is -2.22. The second-order valence-corrected chi connectivity index (χ2v) is 8.23. The SMILES string of the molecule is CC(C)C(NC(=O)COc1ccccc1)C(=O)Nc1ccc(C(=O)NC2CC2)c(Cl)c1. The molecule has 0 bridgehead atoms. The van der Waals surface area contributed by atoms with Crippen molar-refractivity contribution < 1.29 is 19.1 Å². The van der Waals surface area contributed by atoms with E-state index in [4.69, 9.17) is 16.3 Å². The van der Waals surface area contributed by atoms with Crippen molar-refractivity contribution in [2.45, 2.75) is 38.8 Å². The summed E-state index contributed by atoms with van der Waals surface area (Å²) in [5, 5.41) is 8.59. The van der Waals surface area contributed by atoms with Crippen LogP contribution in [-0.2, 0) is 9.59 Å². The summed E-state index contributed by atoms with van der Waals surface area (Å²) in [5.41, 5.74) is 0.803. The van der Waals surface area contributed by atoms with Gasteiger partial charge < -0.3 is 20.7 Å². The van der Waals surface area contributed by atoms with Crippen molar-refractivity contribution in [2.24, 2.45) is 5.92 Å². The third kappa shape index (κ3) is 6.72. The Morgan fingerprint density at radius 1 is 1.10 bits per heavy atom. The van der Waals surface area contributed by atoms with Crippen LogP contribution in [0, 0.1) is 5.92 Å². The van der Waals surface area contributed by atoms with Crippen LogP contribution in [0.25, 0.3) is 0 Å². The van der Waals surface area contributed by atoms with E-state index in [9.17, 15) is 14.4 Å². The number of halogens is 1. The summed E-state index contributed by atoms with van der Waals surface area (Å²) in [7, 11) is 0. The van der Waals surface area contributed by atoms with Crippen LogP contribution >= 0.6 is 11.6 Å². The molecule has 1 saturated carbocycles. The summed E-state index contributed by atoms with van der Waals surface area (Å²) in [5.74, 6) is -0.586. The molecule has 3 N–H and O–H groups in total. The molecular formula is C23H26ClN3O4. The molecule has 0 aromatic heterocycles. The Balaban J connectivity index is 1.57. The first-order valence-corrected chi connectivity index (χ1v) is 10.6. The maximum absolute atomic E-state index is 12.8. The van der Waals surface area contributed by atoms with Crippen molar-refractivity contribution in [1.82, 2.24) is 10.6 Å². The van der Waals surface area contributed by atoms with E-state index in [0.29, 0.717) is 17.0 Å². The highest BCUT2D eigenvalue weighted by Crippen LogP contribution is 2.24. The van der Waals surface area contributed by atoms with Crippen molar-refractivity contribution >= 4 is 35.0 Å². The number of rotatable bonds is 9. The minimum atomic E-state index is -0.761. The zero-order valence-electron chi connectivity index (χ0n) is 17.5. The Kier molecular flexibility index (Phi) is 7.52. The van der Waals surface area contributed by atoms with E-state index in [-0.39, 0.29) is 35.4 Å². The summed E-state index contributed by atoms with van der Waals surface area (Å²) in [4.78, 5) is 37.2. The molecule has 7 nitrogen and oxygen atoms in total. The molecule has 164 valence electrons. The highest BCUT2D eigenvalue weighted by atomic mass is 35.5. The smallest absolute Gasteiger partial charge is 0.258 e. The first kappa shape index (κ1) is 22.6. The second kappa shape index (κ2) is 10.3. The fourth-order valence-electron chi connectivity index (χ4n) is 2.90. The van der Waals surface area contributed by atoms with Crippen LogP contribution in [0.3, 0.4) is 0 Å². The largest absolute Gasteiger partial charge is 0.484 e. The van der Waals surface area contributed by atoms with E-state index in [1.165, 1.54) is 6.07 Å². The van der Waals surface area contributed by atoms with E-state index in [0.717, 1.165) is 12.8 Å². The van der Waals surface area contributed by atoms with Gasteiger partial charge in [0.15, 0.2) is 6.61 Å². The molecule has 8 heteroatoms. The van der Waals surface area contributed by atoms with Crippen LogP contribution in [0.2, 0.25) is 5.02 Å². The van der Waals surface area contributed by atoms with E-state index in [2.05, 4.69) is 16.0 Å². The first-order chi connectivity index (χ1) is 14.8. The number of hydrogen-bond acceptors (Lipinski definition) is 4. The molecule has 31 heavy (non-hydrogen) atoms. The van der Waals surface area contributed by atoms with Gasteiger partial charge in [-0.15, -0.1) is 0 Å². The molecular weight excluding hydrogens is 418 g/mol. The molecule has 1 fully saturated rings. The highest BCUT2D eigenvalue weighted by Gasteiger charge is 2.26. The highest BCUT2D eigenvalue weighted by molar-refractivity contribution is 6.34. The van der Waals surface area contributed by atoms with E-state index in [1.807, 2.05) is 32.0 Å². The first-order valence-electron chi connectivity index (χ1n) is 10.2. The van der Waals surface area contributed by atoms with Crippen LogP contribution in [0.5, 0.6) is 5.75 Å². The van der Waals surface area contributed by atoms with Gasteiger partial charge in [0.2, 0.25) is 5.91 Å². The molecule has 0 radical (unpaired) electrons. The van der Waals surface area contributed by atoms with Gasteiger partial charge in [-0.25, -0.2) is 0 Å². The average Bonchev–Trinajstić information content (AvgIpc) is 3.55. The number of carbonyl (C=O) groups excluding carboxylic acids is 3. The average molecular weight is 444 g/mol. The van der Waals surface area contributed by atoms with Crippen LogP contribution in [0.1, 0.15) is 37.0 Å². The summed E-state index contributed by atoms with van der Waals surface area (Å²) in [6.45, 7) is 3.47. The van der Waals surface area contributed by atoms with Gasteiger partial charge in [-0.1, -0.05) is 43.6 Å². The topological polar surface area (TPSA) is 96.5 Å². The molecule has 3 rings (SSSR count). The lowest BCUT2D eigenvalue weighted by molar-refractivity contribution is -0.128. The van der Waals surface area contributed by atoms with Crippen LogP contribution in [0.15, 0.2) is 48.5 Å². The van der Waals surface area contributed by atoms with Crippen LogP contribution in [0.4, 0.5) is 5.69 Å². The molecule has 0 aliphatic heterocycles. The normalized spacial score (nSPS) is 13.9. The summed E-state index contributed by atoms with van der Waals surface area (Å²) < 4.78 is 5.43. The number of para-hydroxylation sites is 1. The Bertz CT molecular complexity index is 945. The van der Waals surface area contributed by atoms with Crippen molar-refractivity contribution in [2.75, 3.05) is 11.9 Å². The number of benzene rings is 2. The van der Waals surface area contributed by atoms with Crippen molar-refractivity contribution in [3.63, 3.8) is 0 Å². The van der Waals surface area contributed by atoms with Gasteiger partial charge in [-0.2, -0.15) is 0 Å². The molecule has 2 aromatic rings. The predicted octanol–water partition coefficient (Wildman–Crippen LogP) is 3.39. The number of anilines is 1. The quantitative estimate of drug-likeness (QED) is 0.553.